The maximum Gasteiger partial charge on any atom is 0.186 e. The Morgan fingerprint density at radius 2 is 1.40 bits per heavy atom. The molecule has 0 aromatic heterocycles. The van der Waals surface area contributed by atoms with Crippen molar-refractivity contribution in [2.45, 2.75) is 197 Å². The topological polar surface area (TPSA) is 228 Å². The maximum absolute atomic E-state index is 12.2. The van der Waals surface area contributed by atoms with Crippen LogP contribution >= 0.6 is 0 Å². The molecule has 3 saturated heterocycles. The third-order valence-corrected chi connectivity index (χ3v) is 17.6. The van der Waals surface area contributed by atoms with Crippen LogP contribution in [0.3, 0.4) is 0 Å². The lowest BCUT2D eigenvalue weighted by atomic mass is 9.41. The lowest BCUT2D eigenvalue weighted by molar-refractivity contribution is -0.339. The second-order valence-electron chi connectivity index (χ2n) is 21.1. The van der Waals surface area contributed by atoms with E-state index in [0.29, 0.717) is 25.7 Å². The minimum absolute atomic E-state index is 0.0633. The highest BCUT2D eigenvalue weighted by molar-refractivity contribution is 5.33. The van der Waals surface area contributed by atoms with Crippen LogP contribution in [0.25, 0.3) is 0 Å². The van der Waals surface area contributed by atoms with Gasteiger partial charge in [-0.2, -0.15) is 0 Å². The van der Waals surface area contributed by atoms with Gasteiger partial charge in [-0.25, -0.2) is 0 Å². The molecule has 1 unspecified atom stereocenters. The van der Waals surface area contributed by atoms with E-state index in [2.05, 4.69) is 34.6 Å². The van der Waals surface area contributed by atoms with Gasteiger partial charge in [-0.15, -0.1) is 0 Å². The molecule has 0 amide bonds. The van der Waals surface area contributed by atoms with E-state index in [9.17, 15) is 46.0 Å². The second-order valence-corrected chi connectivity index (χ2v) is 21.1. The zero-order valence-electron chi connectivity index (χ0n) is 33.6. The van der Waals surface area contributed by atoms with Crippen molar-refractivity contribution in [1.29, 1.82) is 0 Å². The molecule has 3 heterocycles. The highest BCUT2D eigenvalue weighted by atomic mass is 16.7. The van der Waals surface area contributed by atoms with Crippen LogP contribution < -0.4 is 0 Å². The summed E-state index contributed by atoms with van der Waals surface area (Å²) in [5.74, 6) is -0.215. The Morgan fingerprint density at radius 1 is 0.709 bits per heavy atom. The molecule has 14 heteroatoms. The Morgan fingerprint density at radius 3 is 2.05 bits per heavy atom. The summed E-state index contributed by atoms with van der Waals surface area (Å²) in [5, 5.41) is 97.2. The summed E-state index contributed by atoms with van der Waals surface area (Å²) >= 11 is 0. The molecule has 0 aromatic carbocycles. The normalized spacial score (nSPS) is 58.7. The van der Waals surface area contributed by atoms with Gasteiger partial charge in [-0.05, 0) is 117 Å². The lowest BCUT2D eigenvalue weighted by Gasteiger charge is -2.65. The predicted molar refractivity (Wildman–Crippen MR) is 194 cm³/mol. The van der Waals surface area contributed by atoms with E-state index in [1.165, 1.54) is 0 Å². The molecular formula is C41H68O14. The molecule has 55 heavy (non-hydrogen) atoms. The maximum atomic E-state index is 12.2. The molecular weight excluding hydrogens is 716 g/mol. The van der Waals surface area contributed by atoms with Crippen LogP contribution in [-0.4, -0.2) is 150 Å². The van der Waals surface area contributed by atoms with E-state index >= 15 is 0 Å². The van der Waals surface area contributed by atoms with Gasteiger partial charge < -0.3 is 69.6 Å². The van der Waals surface area contributed by atoms with E-state index in [0.717, 1.165) is 32.1 Å². The van der Waals surface area contributed by atoms with Gasteiger partial charge in [0.2, 0.25) is 0 Å². The van der Waals surface area contributed by atoms with Gasteiger partial charge in [-0.1, -0.05) is 27.7 Å². The smallest absolute Gasteiger partial charge is 0.186 e. The van der Waals surface area contributed by atoms with Gasteiger partial charge in [0.25, 0.3) is 0 Å². The average molecular weight is 785 g/mol. The van der Waals surface area contributed by atoms with Gasteiger partial charge in [0.05, 0.1) is 48.8 Å². The molecule has 9 N–H and O–H groups in total. The zero-order valence-corrected chi connectivity index (χ0v) is 33.6. The largest absolute Gasteiger partial charge is 0.394 e. The fourth-order valence-electron chi connectivity index (χ4n) is 14.9. The Balaban J connectivity index is 1.15. The highest BCUT2D eigenvalue weighted by Gasteiger charge is 2.85. The SMILES string of the molecule is CC(C)(O)[C@@H]1CC[C@](C)([C@@H]2[C@@H](O)C[C@@]3(C)[C@@H]4C[C@H](O[C@@H]5O[C@H](CO)[C@@H](O)[C@H](O)[C@H]5O)[C@@H]5C(C)(C)C(O[C@@H]6OC[C@@H](O)[C@H](O)[C@H]6O)CC[C@]56C[C@@]46CC[C@]23C)O1. The van der Waals surface area contributed by atoms with Gasteiger partial charge in [-0.3, -0.25) is 0 Å². The van der Waals surface area contributed by atoms with Crippen LogP contribution in [0.1, 0.15) is 106 Å². The summed E-state index contributed by atoms with van der Waals surface area (Å²) in [6.07, 6.45) is -7.48. The van der Waals surface area contributed by atoms with Crippen LogP contribution in [0, 0.1) is 44.8 Å². The second kappa shape index (κ2) is 13.2. The summed E-state index contributed by atoms with van der Waals surface area (Å²) in [6.45, 7) is 13.8. The molecule has 2 spiro atoms. The average Bonchev–Trinajstić information content (AvgIpc) is 3.47. The minimum Gasteiger partial charge on any atom is -0.394 e. The van der Waals surface area contributed by atoms with Crippen molar-refractivity contribution in [2.24, 2.45) is 44.8 Å². The van der Waals surface area contributed by atoms with Crippen LogP contribution in [0.5, 0.6) is 0 Å². The quantitative estimate of drug-likeness (QED) is 0.162. The van der Waals surface area contributed by atoms with Crippen molar-refractivity contribution in [3.05, 3.63) is 0 Å². The lowest BCUT2D eigenvalue weighted by Crippen LogP contribution is -2.65. The first kappa shape index (κ1) is 41.2. The van der Waals surface area contributed by atoms with Crippen molar-refractivity contribution in [1.82, 2.24) is 0 Å². The number of ether oxygens (including phenoxy) is 5. The minimum atomic E-state index is -1.60. The number of hydrogen-bond donors (Lipinski definition) is 9. The van der Waals surface area contributed by atoms with E-state index in [1.807, 2.05) is 0 Å². The number of fused-ring (bicyclic) bond motifs is 2. The molecule has 21 atom stereocenters. The Kier molecular flexibility index (Phi) is 9.90. The molecule has 8 fully saturated rings. The van der Waals surface area contributed by atoms with Crippen molar-refractivity contribution < 1.29 is 69.6 Å². The molecule has 5 saturated carbocycles. The molecule has 3 aliphatic heterocycles. The number of hydrogen-bond acceptors (Lipinski definition) is 14. The summed E-state index contributed by atoms with van der Waals surface area (Å²) in [7, 11) is 0. The number of aliphatic hydroxyl groups excluding tert-OH is 8. The summed E-state index contributed by atoms with van der Waals surface area (Å²) in [4.78, 5) is 0. The van der Waals surface area contributed by atoms with Crippen LogP contribution in [0.2, 0.25) is 0 Å². The third-order valence-electron chi connectivity index (χ3n) is 17.6. The van der Waals surface area contributed by atoms with Crippen molar-refractivity contribution in [2.75, 3.05) is 13.2 Å². The van der Waals surface area contributed by atoms with Crippen molar-refractivity contribution in [3.63, 3.8) is 0 Å². The monoisotopic (exact) mass is 784 g/mol. The molecule has 5 aliphatic carbocycles. The third kappa shape index (κ3) is 5.70. The van der Waals surface area contributed by atoms with E-state index in [-0.39, 0.29) is 52.1 Å². The first-order chi connectivity index (χ1) is 25.5. The summed E-state index contributed by atoms with van der Waals surface area (Å²) in [6, 6.07) is 0. The Bertz CT molecular complexity index is 1460. The Labute approximate surface area is 324 Å². The highest BCUT2D eigenvalue weighted by Crippen LogP contribution is 2.89. The van der Waals surface area contributed by atoms with E-state index in [4.69, 9.17) is 23.7 Å². The molecule has 8 rings (SSSR count). The summed E-state index contributed by atoms with van der Waals surface area (Å²) < 4.78 is 31.9. The van der Waals surface area contributed by atoms with Gasteiger partial charge >= 0.3 is 0 Å². The molecule has 14 nitrogen and oxygen atoms in total. The number of aliphatic hydroxyl groups is 9. The van der Waals surface area contributed by atoms with Crippen LogP contribution in [0.4, 0.5) is 0 Å². The predicted octanol–water partition coefficient (Wildman–Crippen LogP) is 0.724. The molecule has 0 aromatic rings. The van der Waals surface area contributed by atoms with Gasteiger partial charge in [0.1, 0.15) is 42.7 Å². The molecule has 0 radical (unpaired) electrons. The van der Waals surface area contributed by atoms with E-state index < -0.39 is 96.8 Å². The molecule has 316 valence electrons. The van der Waals surface area contributed by atoms with E-state index in [1.54, 1.807) is 13.8 Å². The first-order valence-electron chi connectivity index (χ1n) is 20.9. The summed E-state index contributed by atoms with van der Waals surface area (Å²) in [5.41, 5.74) is -3.16. The van der Waals surface area contributed by atoms with Gasteiger partial charge in [0.15, 0.2) is 12.6 Å². The van der Waals surface area contributed by atoms with Crippen LogP contribution in [-0.2, 0) is 23.7 Å². The van der Waals surface area contributed by atoms with Crippen LogP contribution in [0.15, 0.2) is 0 Å². The molecule has 8 aliphatic rings. The van der Waals surface area contributed by atoms with Gasteiger partial charge in [0, 0.05) is 5.92 Å². The molecule has 0 bridgehead atoms. The standard InChI is InChI=1S/C41H68O14/c1-35(2)24(54-33-29(48)26(45)20(44)17-51-33)9-11-41-18-40(41)13-12-37(5)31(39(7)10-8-25(55-39)36(3,4)50)19(43)15-38(37,6)23(40)14-21(32(35)41)52-34-30(49)28(47)27(46)22(16-42)53-34/h19-34,42-50H,8-18H2,1-7H3/t19-,20+,21-,22+,23-,24?,25-,26-,27+,28-,29+,30+,31+,32+,33-,34+,37+,38-,39+,40-,41-/m0/s1. The van der Waals surface area contributed by atoms with Crippen molar-refractivity contribution >= 4 is 0 Å². The Hall–Kier alpha value is -0.560. The first-order valence-corrected chi connectivity index (χ1v) is 20.9. The fraction of sp³-hybridized carbons (Fsp3) is 1.00. The fourth-order valence-corrected chi connectivity index (χ4v) is 14.9. The number of rotatable bonds is 7. The van der Waals surface area contributed by atoms with Crippen molar-refractivity contribution in [3.8, 4) is 0 Å². The zero-order chi connectivity index (χ0) is 40.1.